The standard InChI is InChI=1S/C19H16N2O6S/c1-19(2)26-17(22)16(18(23)27-19)11-20-12-8-13(21(24)25)10-15(9-12)28-14-6-4-3-5-7-14/h3-11,20H,1-2H3. The number of carbonyl (C=O) groups excluding carboxylic acids is 2. The van der Waals surface area contributed by atoms with Crippen molar-refractivity contribution in [1.82, 2.24) is 0 Å². The lowest BCUT2D eigenvalue weighted by atomic mass is 10.2. The van der Waals surface area contributed by atoms with Gasteiger partial charge in [0.1, 0.15) is 0 Å². The second-order valence-electron chi connectivity index (χ2n) is 6.27. The fourth-order valence-electron chi connectivity index (χ4n) is 2.39. The SMILES string of the molecule is CC1(C)OC(=O)C(=CNc2cc(Sc3ccccc3)cc([N+](=O)[O-])c2)C(=O)O1. The Hall–Kier alpha value is -3.33. The Labute approximate surface area is 164 Å². The molecule has 1 heterocycles. The summed E-state index contributed by atoms with van der Waals surface area (Å²) in [5.41, 5.74) is -0.120. The van der Waals surface area contributed by atoms with Crippen molar-refractivity contribution in [3.05, 3.63) is 70.4 Å². The predicted octanol–water partition coefficient (Wildman–Crippen LogP) is 3.88. The minimum absolute atomic E-state index is 0.128. The van der Waals surface area contributed by atoms with E-state index in [9.17, 15) is 19.7 Å². The van der Waals surface area contributed by atoms with Crippen molar-refractivity contribution in [3.8, 4) is 0 Å². The second kappa shape index (κ2) is 7.73. The van der Waals surface area contributed by atoms with Gasteiger partial charge in [-0.1, -0.05) is 30.0 Å². The molecule has 2 aromatic rings. The van der Waals surface area contributed by atoms with Gasteiger partial charge in [-0.25, -0.2) is 9.59 Å². The molecule has 0 amide bonds. The number of ether oxygens (including phenoxy) is 2. The third-order valence-electron chi connectivity index (χ3n) is 3.58. The van der Waals surface area contributed by atoms with Crippen LogP contribution in [-0.4, -0.2) is 22.6 Å². The highest BCUT2D eigenvalue weighted by atomic mass is 32.2. The summed E-state index contributed by atoms with van der Waals surface area (Å²) in [5.74, 6) is -3.01. The minimum Gasteiger partial charge on any atom is -0.419 e. The first-order valence-electron chi connectivity index (χ1n) is 8.19. The molecule has 3 rings (SSSR count). The monoisotopic (exact) mass is 400 g/mol. The van der Waals surface area contributed by atoms with Gasteiger partial charge in [-0.05, 0) is 18.2 Å². The highest BCUT2D eigenvalue weighted by molar-refractivity contribution is 7.99. The summed E-state index contributed by atoms with van der Waals surface area (Å²) in [6.07, 6.45) is 1.12. The topological polar surface area (TPSA) is 108 Å². The van der Waals surface area contributed by atoms with Crippen LogP contribution in [0.3, 0.4) is 0 Å². The van der Waals surface area contributed by atoms with Crippen LogP contribution < -0.4 is 5.32 Å². The van der Waals surface area contributed by atoms with Crippen LogP contribution in [0.4, 0.5) is 11.4 Å². The lowest BCUT2D eigenvalue weighted by Crippen LogP contribution is -2.42. The molecule has 0 aromatic heterocycles. The number of carbonyl (C=O) groups is 2. The van der Waals surface area contributed by atoms with E-state index in [0.717, 1.165) is 11.1 Å². The summed E-state index contributed by atoms with van der Waals surface area (Å²) in [4.78, 5) is 36.2. The average molecular weight is 400 g/mol. The van der Waals surface area contributed by atoms with Crippen LogP contribution in [0.25, 0.3) is 0 Å². The fraction of sp³-hybridized carbons (Fsp3) is 0.158. The van der Waals surface area contributed by atoms with E-state index in [1.54, 1.807) is 6.07 Å². The number of esters is 2. The lowest BCUT2D eigenvalue weighted by Gasteiger charge is -2.29. The fourth-order valence-corrected chi connectivity index (χ4v) is 3.32. The van der Waals surface area contributed by atoms with Gasteiger partial charge in [0, 0.05) is 47.7 Å². The number of nitrogens with one attached hydrogen (secondary N) is 1. The highest BCUT2D eigenvalue weighted by Gasteiger charge is 2.38. The van der Waals surface area contributed by atoms with Crippen molar-refractivity contribution < 1.29 is 24.0 Å². The number of benzene rings is 2. The van der Waals surface area contributed by atoms with Gasteiger partial charge in [-0.15, -0.1) is 0 Å². The Morgan fingerprint density at radius 2 is 1.68 bits per heavy atom. The number of hydrogen-bond acceptors (Lipinski definition) is 8. The largest absolute Gasteiger partial charge is 0.419 e. The summed E-state index contributed by atoms with van der Waals surface area (Å²) in [5, 5.41) is 14.0. The van der Waals surface area contributed by atoms with Gasteiger partial charge >= 0.3 is 11.9 Å². The molecule has 0 saturated carbocycles. The van der Waals surface area contributed by atoms with E-state index in [1.807, 2.05) is 30.3 Å². The normalized spacial score (nSPS) is 15.4. The van der Waals surface area contributed by atoms with Gasteiger partial charge in [-0.3, -0.25) is 10.1 Å². The number of nitrogens with zero attached hydrogens (tertiary/aromatic N) is 1. The quantitative estimate of drug-likeness (QED) is 0.265. The van der Waals surface area contributed by atoms with Gasteiger partial charge in [0.2, 0.25) is 0 Å². The van der Waals surface area contributed by atoms with Crippen LogP contribution in [0.15, 0.2) is 70.1 Å². The molecule has 0 radical (unpaired) electrons. The first-order valence-corrected chi connectivity index (χ1v) is 9.01. The third kappa shape index (κ3) is 4.68. The maximum absolute atomic E-state index is 12.0. The van der Waals surface area contributed by atoms with Crippen molar-refractivity contribution >= 4 is 35.1 Å². The smallest absolute Gasteiger partial charge is 0.350 e. The van der Waals surface area contributed by atoms with Gasteiger partial charge < -0.3 is 14.8 Å². The molecule has 0 atom stereocenters. The van der Waals surface area contributed by atoms with E-state index in [-0.39, 0.29) is 11.3 Å². The van der Waals surface area contributed by atoms with Crippen molar-refractivity contribution in [2.75, 3.05) is 5.32 Å². The summed E-state index contributed by atoms with van der Waals surface area (Å²) in [6.45, 7) is 2.89. The lowest BCUT2D eigenvalue weighted by molar-refractivity contribution is -0.385. The number of nitro groups is 1. The van der Waals surface area contributed by atoms with E-state index in [2.05, 4.69) is 5.32 Å². The zero-order valence-corrected chi connectivity index (χ0v) is 15.8. The molecule has 28 heavy (non-hydrogen) atoms. The molecule has 1 N–H and O–H groups in total. The van der Waals surface area contributed by atoms with Gasteiger partial charge in [0.15, 0.2) is 5.57 Å². The van der Waals surface area contributed by atoms with Crippen LogP contribution in [0.2, 0.25) is 0 Å². The Morgan fingerprint density at radius 3 is 2.29 bits per heavy atom. The molecular weight excluding hydrogens is 384 g/mol. The molecule has 0 bridgehead atoms. The maximum atomic E-state index is 12.0. The molecule has 144 valence electrons. The number of cyclic esters (lactones) is 2. The first kappa shape index (κ1) is 19.4. The molecule has 0 spiro atoms. The van der Waals surface area contributed by atoms with E-state index in [4.69, 9.17) is 9.47 Å². The average Bonchev–Trinajstić information content (AvgIpc) is 2.60. The third-order valence-corrected chi connectivity index (χ3v) is 4.56. The summed E-state index contributed by atoms with van der Waals surface area (Å²) < 4.78 is 10.0. The van der Waals surface area contributed by atoms with Crippen molar-refractivity contribution in [1.29, 1.82) is 0 Å². The van der Waals surface area contributed by atoms with E-state index >= 15 is 0 Å². The number of hydrogen-bond donors (Lipinski definition) is 1. The maximum Gasteiger partial charge on any atom is 0.350 e. The molecule has 1 aliphatic heterocycles. The Kier molecular flexibility index (Phi) is 5.36. The molecule has 8 nitrogen and oxygen atoms in total. The van der Waals surface area contributed by atoms with Gasteiger partial charge in [0.05, 0.1) is 4.92 Å². The number of nitro benzene ring substituents is 1. The van der Waals surface area contributed by atoms with Crippen molar-refractivity contribution in [2.45, 2.75) is 29.4 Å². The summed E-state index contributed by atoms with van der Waals surface area (Å²) >= 11 is 1.35. The molecule has 1 aliphatic rings. The molecular formula is C19H16N2O6S. The Morgan fingerprint density at radius 1 is 1.04 bits per heavy atom. The second-order valence-corrected chi connectivity index (χ2v) is 7.42. The summed E-state index contributed by atoms with van der Waals surface area (Å²) in [6, 6.07) is 13.8. The molecule has 2 aromatic carbocycles. The van der Waals surface area contributed by atoms with E-state index in [1.165, 1.54) is 37.7 Å². The zero-order chi connectivity index (χ0) is 20.3. The van der Waals surface area contributed by atoms with E-state index < -0.39 is 22.6 Å². The molecule has 0 aliphatic carbocycles. The summed E-state index contributed by atoms with van der Waals surface area (Å²) in [7, 11) is 0. The molecule has 9 heteroatoms. The Balaban J connectivity index is 1.86. The van der Waals surface area contributed by atoms with Crippen LogP contribution in [0.5, 0.6) is 0 Å². The minimum atomic E-state index is -1.34. The zero-order valence-electron chi connectivity index (χ0n) is 15.0. The molecule has 1 fully saturated rings. The van der Waals surface area contributed by atoms with Crippen LogP contribution >= 0.6 is 11.8 Å². The molecule has 1 saturated heterocycles. The van der Waals surface area contributed by atoms with Crippen molar-refractivity contribution in [2.24, 2.45) is 0 Å². The molecule has 0 unspecified atom stereocenters. The number of rotatable bonds is 5. The van der Waals surface area contributed by atoms with Crippen molar-refractivity contribution in [3.63, 3.8) is 0 Å². The number of non-ortho nitro benzene ring substituents is 1. The van der Waals surface area contributed by atoms with Crippen LogP contribution in [-0.2, 0) is 19.1 Å². The highest BCUT2D eigenvalue weighted by Crippen LogP contribution is 2.33. The van der Waals surface area contributed by atoms with Gasteiger partial charge in [0.25, 0.3) is 11.5 Å². The van der Waals surface area contributed by atoms with Crippen LogP contribution in [0.1, 0.15) is 13.8 Å². The Bertz CT molecular complexity index is 950. The first-order chi connectivity index (χ1) is 13.2. The predicted molar refractivity (Wildman–Crippen MR) is 102 cm³/mol. The van der Waals surface area contributed by atoms with Gasteiger partial charge in [-0.2, -0.15) is 0 Å². The van der Waals surface area contributed by atoms with Crippen LogP contribution in [0, 0.1) is 10.1 Å². The van der Waals surface area contributed by atoms with E-state index in [0.29, 0.717) is 10.6 Å². The number of anilines is 1.